The number of methoxy groups -OCH3 is 1. The van der Waals surface area contributed by atoms with E-state index in [1.807, 2.05) is 66.4 Å². The Hall–Kier alpha value is -3.15. The van der Waals surface area contributed by atoms with E-state index >= 15 is 0 Å². The molecule has 2 aromatic carbocycles. The third-order valence-corrected chi connectivity index (χ3v) is 4.31. The smallest absolute Gasteiger partial charge is 0.251 e. The van der Waals surface area contributed by atoms with Gasteiger partial charge in [0.15, 0.2) is 0 Å². The Bertz CT molecular complexity index is 877. The first-order valence-corrected chi connectivity index (χ1v) is 8.98. The molecule has 0 unspecified atom stereocenters. The van der Waals surface area contributed by atoms with Crippen LogP contribution in [0.3, 0.4) is 0 Å². The molecule has 0 aliphatic heterocycles. The number of benzene rings is 2. The van der Waals surface area contributed by atoms with Crippen LogP contribution in [0.2, 0.25) is 0 Å². The molecule has 0 saturated heterocycles. The van der Waals surface area contributed by atoms with Crippen LogP contribution in [0.15, 0.2) is 59.0 Å². The van der Waals surface area contributed by atoms with Gasteiger partial charge in [-0.15, -0.1) is 10.2 Å². The molecule has 0 radical (unpaired) electrons. The zero-order chi connectivity index (χ0) is 19.1. The molecule has 1 heterocycles. The summed E-state index contributed by atoms with van der Waals surface area (Å²) in [4.78, 5) is 14.4. The summed E-state index contributed by atoms with van der Waals surface area (Å²) >= 11 is 0. The Morgan fingerprint density at radius 1 is 1.07 bits per heavy atom. The second kappa shape index (κ2) is 8.98. The standard InChI is InChI=1S/C21H23N3O3/c1-3-24(15-16-9-5-4-6-10-16)20(25)14-13-19-22-23-21(27-19)17-11-7-8-12-18(17)26-2/h4-12H,3,13-15H2,1-2H3. The number of aryl methyl sites for hydroxylation is 1. The molecule has 6 heteroatoms. The van der Waals surface area contributed by atoms with Crippen LogP contribution >= 0.6 is 0 Å². The number of hydrogen-bond acceptors (Lipinski definition) is 5. The van der Waals surface area contributed by atoms with Gasteiger partial charge >= 0.3 is 0 Å². The number of hydrogen-bond donors (Lipinski definition) is 0. The minimum absolute atomic E-state index is 0.0680. The van der Waals surface area contributed by atoms with Crippen molar-refractivity contribution in [3.63, 3.8) is 0 Å². The SMILES string of the molecule is CCN(Cc1ccccc1)C(=O)CCc1nnc(-c2ccccc2OC)o1. The van der Waals surface area contributed by atoms with E-state index in [4.69, 9.17) is 9.15 Å². The number of para-hydroxylation sites is 1. The molecule has 0 aliphatic rings. The number of carbonyl (C=O) groups is 1. The van der Waals surface area contributed by atoms with Crippen molar-refractivity contribution in [1.82, 2.24) is 15.1 Å². The van der Waals surface area contributed by atoms with Gasteiger partial charge in [0.1, 0.15) is 5.75 Å². The van der Waals surface area contributed by atoms with Crippen molar-refractivity contribution >= 4 is 5.91 Å². The molecule has 6 nitrogen and oxygen atoms in total. The minimum Gasteiger partial charge on any atom is -0.496 e. The van der Waals surface area contributed by atoms with Crippen LogP contribution in [0.4, 0.5) is 0 Å². The topological polar surface area (TPSA) is 68.5 Å². The van der Waals surface area contributed by atoms with E-state index in [1.165, 1.54) is 0 Å². The summed E-state index contributed by atoms with van der Waals surface area (Å²) in [6.07, 6.45) is 0.737. The molecule has 0 bridgehead atoms. The molecule has 0 N–H and O–H groups in total. The lowest BCUT2D eigenvalue weighted by Crippen LogP contribution is -2.30. The van der Waals surface area contributed by atoms with Crippen LogP contribution in [-0.2, 0) is 17.8 Å². The molecule has 0 spiro atoms. The third-order valence-electron chi connectivity index (χ3n) is 4.31. The lowest BCUT2D eigenvalue weighted by molar-refractivity contribution is -0.131. The molecule has 0 saturated carbocycles. The summed E-state index contributed by atoms with van der Waals surface area (Å²) in [6.45, 7) is 3.24. The van der Waals surface area contributed by atoms with Crippen LogP contribution in [0, 0.1) is 0 Å². The maximum Gasteiger partial charge on any atom is 0.251 e. The Morgan fingerprint density at radius 2 is 1.81 bits per heavy atom. The van der Waals surface area contributed by atoms with Gasteiger partial charge < -0.3 is 14.1 Å². The van der Waals surface area contributed by atoms with Gasteiger partial charge in [-0.05, 0) is 24.6 Å². The summed E-state index contributed by atoms with van der Waals surface area (Å²) in [5.41, 5.74) is 1.85. The Balaban J connectivity index is 1.61. The second-order valence-corrected chi connectivity index (χ2v) is 6.09. The maximum absolute atomic E-state index is 12.5. The van der Waals surface area contributed by atoms with E-state index in [2.05, 4.69) is 10.2 Å². The van der Waals surface area contributed by atoms with Crippen molar-refractivity contribution in [3.8, 4) is 17.2 Å². The lowest BCUT2D eigenvalue weighted by Gasteiger charge is -2.20. The maximum atomic E-state index is 12.5. The van der Waals surface area contributed by atoms with Crippen molar-refractivity contribution in [2.24, 2.45) is 0 Å². The fraction of sp³-hybridized carbons (Fsp3) is 0.286. The predicted octanol–water partition coefficient (Wildman–Crippen LogP) is 3.73. The number of rotatable bonds is 8. The highest BCUT2D eigenvalue weighted by Crippen LogP contribution is 2.28. The Kier molecular flexibility index (Phi) is 6.20. The average molecular weight is 365 g/mol. The molecule has 0 aliphatic carbocycles. The van der Waals surface area contributed by atoms with Crippen LogP contribution in [-0.4, -0.2) is 34.7 Å². The summed E-state index contributed by atoms with van der Waals surface area (Å²) in [5.74, 6) is 1.58. The first-order valence-electron chi connectivity index (χ1n) is 8.98. The quantitative estimate of drug-likeness (QED) is 0.608. The van der Waals surface area contributed by atoms with Crippen LogP contribution < -0.4 is 4.74 Å². The third kappa shape index (κ3) is 4.73. The molecule has 3 aromatic rings. The van der Waals surface area contributed by atoms with Gasteiger partial charge in [-0.1, -0.05) is 42.5 Å². The molecule has 0 fully saturated rings. The largest absolute Gasteiger partial charge is 0.496 e. The molecule has 0 atom stereocenters. The van der Waals surface area contributed by atoms with Gasteiger partial charge in [0.05, 0.1) is 12.7 Å². The summed E-state index contributed by atoms with van der Waals surface area (Å²) in [6, 6.07) is 17.4. The van der Waals surface area contributed by atoms with Crippen molar-refractivity contribution in [1.29, 1.82) is 0 Å². The molecule has 1 amide bonds. The molecule has 140 valence electrons. The molecule has 3 rings (SSSR count). The zero-order valence-corrected chi connectivity index (χ0v) is 15.6. The van der Waals surface area contributed by atoms with E-state index in [0.717, 1.165) is 11.1 Å². The molecule has 1 aromatic heterocycles. The molecular weight excluding hydrogens is 342 g/mol. The number of nitrogens with zero attached hydrogens (tertiary/aromatic N) is 3. The van der Waals surface area contributed by atoms with E-state index in [9.17, 15) is 4.79 Å². The number of ether oxygens (including phenoxy) is 1. The van der Waals surface area contributed by atoms with E-state index in [-0.39, 0.29) is 5.91 Å². The molecule has 27 heavy (non-hydrogen) atoms. The van der Waals surface area contributed by atoms with Crippen molar-refractivity contribution in [2.45, 2.75) is 26.3 Å². The van der Waals surface area contributed by atoms with Crippen LogP contribution in [0.25, 0.3) is 11.5 Å². The Morgan fingerprint density at radius 3 is 2.56 bits per heavy atom. The number of carbonyl (C=O) groups excluding carboxylic acids is 1. The van der Waals surface area contributed by atoms with E-state index in [1.54, 1.807) is 7.11 Å². The first kappa shape index (κ1) is 18.6. The minimum atomic E-state index is 0.0680. The highest BCUT2D eigenvalue weighted by atomic mass is 16.5. The highest BCUT2D eigenvalue weighted by molar-refractivity contribution is 5.76. The van der Waals surface area contributed by atoms with Gasteiger partial charge in [0.25, 0.3) is 5.89 Å². The number of aromatic nitrogens is 2. The van der Waals surface area contributed by atoms with Crippen LogP contribution in [0.5, 0.6) is 5.75 Å². The van der Waals surface area contributed by atoms with E-state index < -0.39 is 0 Å². The molecular formula is C21H23N3O3. The van der Waals surface area contributed by atoms with Gasteiger partial charge in [0, 0.05) is 25.9 Å². The summed E-state index contributed by atoms with van der Waals surface area (Å²) < 4.78 is 11.0. The van der Waals surface area contributed by atoms with Gasteiger partial charge in [-0.2, -0.15) is 0 Å². The fourth-order valence-electron chi connectivity index (χ4n) is 2.84. The Labute approximate surface area is 158 Å². The van der Waals surface area contributed by atoms with Crippen LogP contribution in [0.1, 0.15) is 24.8 Å². The van der Waals surface area contributed by atoms with Gasteiger partial charge in [-0.25, -0.2) is 0 Å². The monoisotopic (exact) mass is 365 g/mol. The van der Waals surface area contributed by atoms with E-state index in [0.29, 0.717) is 43.5 Å². The fourth-order valence-corrected chi connectivity index (χ4v) is 2.84. The summed E-state index contributed by atoms with van der Waals surface area (Å²) in [7, 11) is 1.60. The highest BCUT2D eigenvalue weighted by Gasteiger charge is 2.16. The van der Waals surface area contributed by atoms with Gasteiger partial charge in [0.2, 0.25) is 11.8 Å². The zero-order valence-electron chi connectivity index (χ0n) is 15.6. The number of amides is 1. The second-order valence-electron chi connectivity index (χ2n) is 6.09. The normalized spacial score (nSPS) is 10.6. The predicted molar refractivity (Wildman–Crippen MR) is 102 cm³/mol. The average Bonchev–Trinajstić information content (AvgIpc) is 3.19. The first-order chi connectivity index (χ1) is 13.2. The lowest BCUT2D eigenvalue weighted by atomic mass is 10.2. The summed E-state index contributed by atoms with van der Waals surface area (Å²) in [5, 5.41) is 8.15. The van der Waals surface area contributed by atoms with Gasteiger partial charge in [-0.3, -0.25) is 4.79 Å². The van der Waals surface area contributed by atoms with Crippen molar-refractivity contribution in [2.75, 3.05) is 13.7 Å². The van der Waals surface area contributed by atoms with Crippen molar-refractivity contribution in [3.05, 3.63) is 66.1 Å². The van der Waals surface area contributed by atoms with Crippen molar-refractivity contribution < 1.29 is 13.9 Å².